The molecule has 0 spiro atoms. The average Bonchev–Trinajstić information content (AvgIpc) is 2.58. The monoisotopic (exact) mass is 256 g/mol. The predicted octanol–water partition coefficient (Wildman–Crippen LogP) is 1.60. The van der Waals surface area contributed by atoms with Crippen molar-refractivity contribution in [2.24, 2.45) is 5.92 Å². The molecule has 2 N–H and O–H groups in total. The van der Waals surface area contributed by atoms with Crippen molar-refractivity contribution in [3.63, 3.8) is 0 Å². The van der Waals surface area contributed by atoms with E-state index in [0.29, 0.717) is 17.0 Å². The Bertz CT molecular complexity index is 428. The maximum absolute atomic E-state index is 11.8. The first-order valence-electron chi connectivity index (χ1n) is 5.40. The van der Waals surface area contributed by atoms with Crippen molar-refractivity contribution < 1.29 is 14.7 Å². The quantitative estimate of drug-likeness (QED) is 0.838. The summed E-state index contributed by atoms with van der Waals surface area (Å²) in [5.74, 6) is -1.66. The number of aryl methyl sites for hydroxylation is 2. The predicted molar refractivity (Wildman–Crippen MR) is 65.3 cm³/mol. The van der Waals surface area contributed by atoms with Gasteiger partial charge in [0.2, 0.25) is 0 Å². The second kappa shape index (κ2) is 5.77. The van der Waals surface area contributed by atoms with E-state index in [1.54, 1.807) is 13.8 Å². The number of nitrogens with one attached hydrogen (secondary N) is 1. The number of nitrogens with zero attached hydrogens (tertiary/aromatic N) is 1. The molecule has 1 atom stereocenters. The lowest BCUT2D eigenvalue weighted by atomic mass is 10.1. The molecular formula is C11H16N2O3S. The Morgan fingerprint density at radius 2 is 2.12 bits per heavy atom. The molecule has 0 aromatic carbocycles. The third-order valence-electron chi connectivity index (χ3n) is 2.46. The summed E-state index contributed by atoms with van der Waals surface area (Å²) in [7, 11) is 0. The van der Waals surface area contributed by atoms with E-state index < -0.39 is 11.9 Å². The van der Waals surface area contributed by atoms with Crippen LogP contribution in [0.4, 0.5) is 0 Å². The molecule has 1 rings (SSSR count). The van der Waals surface area contributed by atoms with Gasteiger partial charge in [-0.15, -0.1) is 11.3 Å². The number of carbonyl (C=O) groups excluding carboxylic acids is 1. The smallest absolute Gasteiger partial charge is 0.308 e. The highest BCUT2D eigenvalue weighted by atomic mass is 32.1. The molecule has 1 aromatic rings. The van der Waals surface area contributed by atoms with Gasteiger partial charge in [0.1, 0.15) is 4.88 Å². The molecule has 0 aliphatic carbocycles. The number of thiazole rings is 1. The van der Waals surface area contributed by atoms with E-state index in [1.165, 1.54) is 11.3 Å². The molecule has 0 saturated carbocycles. The Kier molecular flexibility index (Phi) is 4.62. The Morgan fingerprint density at radius 3 is 2.53 bits per heavy atom. The maximum atomic E-state index is 11.8. The van der Waals surface area contributed by atoms with Crippen LogP contribution in [0.25, 0.3) is 0 Å². The molecule has 5 nitrogen and oxygen atoms in total. The van der Waals surface area contributed by atoms with Gasteiger partial charge in [-0.25, -0.2) is 4.98 Å². The summed E-state index contributed by atoms with van der Waals surface area (Å²) >= 11 is 1.32. The van der Waals surface area contributed by atoms with Crippen molar-refractivity contribution in [3.8, 4) is 0 Å². The third kappa shape index (κ3) is 3.52. The molecule has 1 aromatic heterocycles. The van der Waals surface area contributed by atoms with Crippen LogP contribution in [0.2, 0.25) is 0 Å². The van der Waals surface area contributed by atoms with E-state index in [0.717, 1.165) is 5.01 Å². The molecule has 0 bridgehead atoms. The van der Waals surface area contributed by atoms with E-state index in [2.05, 4.69) is 10.3 Å². The average molecular weight is 256 g/mol. The number of carbonyl (C=O) groups is 2. The summed E-state index contributed by atoms with van der Waals surface area (Å²) < 4.78 is 0. The molecule has 94 valence electrons. The normalized spacial score (nSPS) is 12.2. The van der Waals surface area contributed by atoms with E-state index in [-0.39, 0.29) is 12.5 Å². The molecule has 0 aliphatic rings. The lowest BCUT2D eigenvalue weighted by Gasteiger charge is -2.10. The van der Waals surface area contributed by atoms with Crippen LogP contribution in [0.1, 0.15) is 33.7 Å². The van der Waals surface area contributed by atoms with Gasteiger partial charge in [-0.1, -0.05) is 6.92 Å². The van der Waals surface area contributed by atoms with Crippen molar-refractivity contribution in [1.82, 2.24) is 10.3 Å². The molecular weight excluding hydrogens is 240 g/mol. The van der Waals surface area contributed by atoms with Crippen molar-refractivity contribution in [1.29, 1.82) is 0 Å². The van der Waals surface area contributed by atoms with Gasteiger partial charge >= 0.3 is 5.97 Å². The van der Waals surface area contributed by atoms with Crippen molar-refractivity contribution in [3.05, 3.63) is 15.6 Å². The van der Waals surface area contributed by atoms with Gasteiger partial charge in [0.15, 0.2) is 0 Å². The van der Waals surface area contributed by atoms with Gasteiger partial charge in [-0.05, 0) is 20.3 Å². The van der Waals surface area contributed by atoms with Gasteiger partial charge in [0.05, 0.1) is 16.6 Å². The van der Waals surface area contributed by atoms with Crippen LogP contribution in [0.5, 0.6) is 0 Å². The van der Waals surface area contributed by atoms with E-state index in [1.807, 2.05) is 6.92 Å². The molecule has 0 radical (unpaired) electrons. The van der Waals surface area contributed by atoms with Gasteiger partial charge in [-0.2, -0.15) is 0 Å². The molecule has 1 unspecified atom stereocenters. The fourth-order valence-corrected chi connectivity index (χ4v) is 2.28. The van der Waals surface area contributed by atoms with E-state index in [4.69, 9.17) is 5.11 Å². The van der Waals surface area contributed by atoms with Crippen LogP contribution in [-0.4, -0.2) is 28.5 Å². The Hall–Kier alpha value is -1.43. The van der Waals surface area contributed by atoms with Gasteiger partial charge in [0, 0.05) is 6.54 Å². The number of hydrogen-bond acceptors (Lipinski definition) is 4. The fraction of sp³-hybridized carbons (Fsp3) is 0.545. The highest BCUT2D eigenvalue weighted by Crippen LogP contribution is 2.16. The molecule has 0 saturated heterocycles. The second-order valence-electron chi connectivity index (χ2n) is 3.80. The number of carboxylic acids is 1. The molecule has 6 heteroatoms. The summed E-state index contributed by atoms with van der Waals surface area (Å²) in [6.07, 6.45) is 0.496. The molecule has 1 heterocycles. The SMILES string of the molecule is CCC(CNC(=O)c1sc(C)nc1C)C(=O)O. The van der Waals surface area contributed by atoms with E-state index >= 15 is 0 Å². The van der Waals surface area contributed by atoms with Crippen LogP contribution < -0.4 is 5.32 Å². The van der Waals surface area contributed by atoms with Gasteiger partial charge in [-0.3, -0.25) is 9.59 Å². The Morgan fingerprint density at radius 1 is 1.47 bits per heavy atom. The lowest BCUT2D eigenvalue weighted by Crippen LogP contribution is -2.32. The summed E-state index contributed by atoms with van der Waals surface area (Å²) in [4.78, 5) is 27.3. The first-order chi connectivity index (χ1) is 7.95. The summed E-state index contributed by atoms with van der Waals surface area (Å²) in [6, 6.07) is 0. The molecule has 1 amide bonds. The van der Waals surface area contributed by atoms with Crippen LogP contribution in [0.15, 0.2) is 0 Å². The number of aromatic nitrogens is 1. The van der Waals surface area contributed by atoms with E-state index in [9.17, 15) is 9.59 Å². The lowest BCUT2D eigenvalue weighted by molar-refractivity contribution is -0.141. The number of carboxylic acid groups (broad SMARTS) is 1. The second-order valence-corrected chi connectivity index (χ2v) is 5.00. The maximum Gasteiger partial charge on any atom is 0.308 e. The van der Waals surface area contributed by atoms with Crippen LogP contribution >= 0.6 is 11.3 Å². The fourth-order valence-electron chi connectivity index (χ4n) is 1.44. The minimum atomic E-state index is -0.884. The topological polar surface area (TPSA) is 79.3 Å². The third-order valence-corrected chi connectivity index (χ3v) is 3.53. The molecule has 0 fully saturated rings. The largest absolute Gasteiger partial charge is 0.481 e. The Labute approximate surface area is 104 Å². The number of rotatable bonds is 5. The summed E-state index contributed by atoms with van der Waals surface area (Å²) in [5.41, 5.74) is 0.688. The number of amides is 1. The van der Waals surface area contributed by atoms with Crippen LogP contribution in [0, 0.1) is 19.8 Å². The van der Waals surface area contributed by atoms with Gasteiger partial charge < -0.3 is 10.4 Å². The van der Waals surface area contributed by atoms with Crippen LogP contribution in [-0.2, 0) is 4.79 Å². The summed E-state index contributed by atoms with van der Waals surface area (Å²) in [6.45, 7) is 5.54. The number of hydrogen-bond donors (Lipinski definition) is 2. The van der Waals surface area contributed by atoms with Crippen molar-refractivity contribution in [2.45, 2.75) is 27.2 Å². The zero-order valence-corrected chi connectivity index (χ0v) is 10.9. The first-order valence-corrected chi connectivity index (χ1v) is 6.22. The van der Waals surface area contributed by atoms with Crippen LogP contribution in [0.3, 0.4) is 0 Å². The molecule has 17 heavy (non-hydrogen) atoms. The Balaban J connectivity index is 2.61. The minimum Gasteiger partial charge on any atom is -0.481 e. The number of aliphatic carboxylic acids is 1. The van der Waals surface area contributed by atoms with Crippen molar-refractivity contribution in [2.75, 3.05) is 6.54 Å². The standard InChI is InChI=1S/C11H16N2O3S/c1-4-8(11(15)16)5-12-10(14)9-6(2)13-7(3)17-9/h8H,4-5H2,1-3H3,(H,12,14)(H,15,16). The zero-order chi connectivity index (χ0) is 13.0. The summed E-state index contributed by atoms with van der Waals surface area (Å²) in [5, 5.41) is 12.3. The zero-order valence-electron chi connectivity index (χ0n) is 10.1. The minimum absolute atomic E-state index is 0.154. The van der Waals surface area contributed by atoms with Gasteiger partial charge in [0.25, 0.3) is 5.91 Å². The highest BCUT2D eigenvalue weighted by Gasteiger charge is 2.18. The molecule has 0 aliphatic heterocycles. The van der Waals surface area contributed by atoms with Crippen molar-refractivity contribution >= 4 is 23.2 Å². The highest BCUT2D eigenvalue weighted by molar-refractivity contribution is 7.13. The first kappa shape index (κ1) is 13.6.